The fourth-order valence-corrected chi connectivity index (χ4v) is 4.01. The molecule has 0 spiro atoms. The normalized spacial score (nSPS) is 16.2. The summed E-state index contributed by atoms with van der Waals surface area (Å²) in [6, 6.07) is 19.0. The maximum Gasteiger partial charge on any atom is 0.248 e. The molecule has 0 aliphatic carbocycles. The molecule has 0 bridgehead atoms. The van der Waals surface area contributed by atoms with Gasteiger partial charge < -0.3 is 10.6 Å². The summed E-state index contributed by atoms with van der Waals surface area (Å²) in [4.78, 5) is 31.0. The highest BCUT2D eigenvalue weighted by Gasteiger charge is 2.26. The molecule has 3 aromatic rings. The van der Waals surface area contributed by atoms with Gasteiger partial charge in [0.2, 0.25) is 11.8 Å². The highest BCUT2D eigenvalue weighted by atomic mass is 19.1. The van der Waals surface area contributed by atoms with E-state index in [0.717, 1.165) is 41.9 Å². The summed E-state index contributed by atoms with van der Waals surface area (Å²) in [6.45, 7) is 1.33. The molecule has 31 heavy (non-hydrogen) atoms. The SMILES string of the molecule is NC(=O)c1cccc(-c2cccc(C3CCCN(C(=O)Cc4ccc(F)cc4)C3)n2)c1. The van der Waals surface area contributed by atoms with E-state index >= 15 is 0 Å². The van der Waals surface area contributed by atoms with Crippen molar-refractivity contribution in [2.45, 2.75) is 25.2 Å². The largest absolute Gasteiger partial charge is 0.366 e. The third-order valence-electron chi connectivity index (χ3n) is 5.67. The highest BCUT2D eigenvalue weighted by molar-refractivity contribution is 5.94. The third-order valence-corrected chi connectivity index (χ3v) is 5.67. The summed E-state index contributed by atoms with van der Waals surface area (Å²) in [5, 5.41) is 0. The Kier molecular flexibility index (Phi) is 6.07. The summed E-state index contributed by atoms with van der Waals surface area (Å²) in [5.74, 6) is -0.589. The van der Waals surface area contributed by atoms with Gasteiger partial charge in [-0.3, -0.25) is 14.6 Å². The Morgan fingerprint density at radius 2 is 1.84 bits per heavy atom. The summed E-state index contributed by atoms with van der Waals surface area (Å²) in [5.41, 5.74) is 9.19. The van der Waals surface area contributed by atoms with E-state index in [4.69, 9.17) is 10.7 Å². The first-order valence-electron chi connectivity index (χ1n) is 10.4. The van der Waals surface area contributed by atoms with Gasteiger partial charge in [0, 0.05) is 35.8 Å². The first kappa shape index (κ1) is 20.7. The fourth-order valence-electron chi connectivity index (χ4n) is 4.01. The molecule has 1 aromatic heterocycles. The molecular formula is C25H24FN3O2. The Hall–Kier alpha value is -3.54. The van der Waals surface area contributed by atoms with Gasteiger partial charge in [-0.05, 0) is 54.8 Å². The van der Waals surface area contributed by atoms with Gasteiger partial charge in [-0.1, -0.05) is 30.3 Å². The van der Waals surface area contributed by atoms with Crippen LogP contribution in [0.15, 0.2) is 66.7 Å². The van der Waals surface area contributed by atoms with Crippen LogP contribution in [0.25, 0.3) is 11.3 Å². The van der Waals surface area contributed by atoms with Crippen molar-refractivity contribution in [1.29, 1.82) is 0 Å². The number of nitrogens with two attached hydrogens (primary N) is 1. The Bertz CT molecular complexity index is 1100. The van der Waals surface area contributed by atoms with Crippen LogP contribution in [0, 0.1) is 5.82 Å². The number of piperidine rings is 1. The monoisotopic (exact) mass is 417 g/mol. The number of amides is 2. The van der Waals surface area contributed by atoms with Crippen molar-refractivity contribution in [3.8, 4) is 11.3 Å². The number of halogens is 1. The van der Waals surface area contributed by atoms with Crippen LogP contribution in [0.3, 0.4) is 0 Å². The summed E-state index contributed by atoms with van der Waals surface area (Å²) in [7, 11) is 0. The lowest BCUT2D eigenvalue weighted by atomic mass is 9.93. The first-order valence-corrected chi connectivity index (χ1v) is 10.4. The molecule has 0 radical (unpaired) electrons. The molecule has 0 saturated carbocycles. The molecule has 2 N–H and O–H groups in total. The van der Waals surface area contributed by atoms with Gasteiger partial charge in [0.1, 0.15) is 5.82 Å². The number of pyridine rings is 1. The minimum absolute atomic E-state index is 0.0432. The number of carbonyl (C=O) groups is 2. The van der Waals surface area contributed by atoms with Gasteiger partial charge in [0.15, 0.2) is 0 Å². The van der Waals surface area contributed by atoms with Crippen molar-refractivity contribution in [2.75, 3.05) is 13.1 Å². The van der Waals surface area contributed by atoms with Gasteiger partial charge in [-0.25, -0.2) is 4.39 Å². The number of carbonyl (C=O) groups excluding carboxylic acids is 2. The lowest BCUT2D eigenvalue weighted by Crippen LogP contribution is -2.40. The molecule has 6 heteroatoms. The van der Waals surface area contributed by atoms with E-state index in [-0.39, 0.29) is 24.1 Å². The van der Waals surface area contributed by atoms with Gasteiger partial charge in [0.25, 0.3) is 0 Å². The molecule has 5 nitrogen and oxygen atoms in total. The Balaban J connectivity index is 1.49. The number of hydrogen-bond acceptors (Lipinski definition) is 3. The lowest BCUT2D eigenvalue weighted by molar-refractivity contribution is -0.131. The molecular weight excluding hydrogens is 393 g/mol. The quantitative estimate of drug-likeness (QED) is 0.683. The van der Waals surface area contributed by atoms with Crippen LogP contribution in [0.2, 0.25) is 0 Å². The van der Waals surface area contributed by atoms with Crippen LogP contribution < -0.4 is 5.73 Å². The Morgan fingerprint density at radius 1 is 1.06 bits per heavy atom. The lowest BCUT2D eigenvalue weighted by Gasteiger charge is -2.32. The van der Waals surface area contributed by atoms with Crippen molar-refractivity contribution in [3.63, 3.8) is 0 Å². The Morgan fingerprint density at radius 3 is 2.61 bits per heavy atom. The van der Waals surface area contributed by atoms with Crippen molar-refractivity contribution in [3.05, 3.63) is 89.4 Å². The molecule has 1 atom stereocenters. The molecule has 2 heterocycles. The highest BCUT2D eigenvalue weighted by Crippen LogP contribution is 2.28. The van der Waals surface area contributed by atoms with Gasteiger partial charge in [-0.2, -0.15) is 0 Å². The fraction of sp³-hybridized carbons (Fsp3) is 0.240. The second-order valence-electron chi connectivity index (χ2n) is 7.87. The number of primary amides is 1. The van der Waals surface area contributed by atoms with Gasteiger partial charge in [0.05, 0.1) is 12.1 Å². The smallest absolute Gasteiger partial charge is 0.248 e. The molecule has 1 aliphatic heterocycles. The summed E-state index contributed by atoms with van der Waals surface area (Å²) in [6.07, 6.45) is 2.13. The van der Waals surface area contributed by atoms with E-state index in [1.54, 1.807) is 30.3 Å². The molecule has 1 fully saturated rings. The van der Waals surface area contributed by atoms with E-state index in [9.17, 15) is 14.0 Å². The van der Waals surface area contributed by atoms with Gasteiger partial charge >= 0.3 is 0 Å². The number of nitrogens with zero attached hydrogens (tertiary/aromatic N) is 2. The maximum atomic E-state index is 13.1. The Labute approximate surface area is 180 Å². The maximum absolute atomic E-state index is 13.1. The van der Waals surface area contributed by atoms with Crippen LogP contribution in [0.1, 0.15) is 40.4 Å². The summed E-state index contributed by atoms with van der Waals surface area (Å²) < 4.78 is 13.1. The number of aromatic nitrogens is 1. The van der Waals surface area contributed by atoms with Crippen molar-refractivity contribution >= 4 is 11.8 Å². The number of benzene rings is 2. The van der Waals surface area contributed by atoms with Crippen molar-refractivity contribution in [1.82, 2.24) is 9.88 Å². The molecule has 2 amide bonds. The topological polar surface area (TPSA) is 76.3 Å². The van der Waals surface area contributed by atoms with E-state index in [0.29, 0.717) is 12.1 Å². The standard InChI is InChI=1S/C25H24FN3O2/c26-21-11-9-17(10-12-21)14-24(30)29-13-3-6-20(16-29)23-8-2-7-22(28-23)18-4-1-5-19(15-18)25(27)31/h1-2,4-5,7-12,15,20H,3,6,13-14,16H2,(H2,27,31). The molecule has 1 unspecified atom stereocenters. The van der Waals surface area contributed by atoms with E-state index in [1.807, 2.05) is 29.2 Å². The van der Waals surface area contributed by atoms with Crippen LogP contribution in [0.5, 0.6) is 0 Å². The second-order valence-corrected chi connectivity index (χ2v) is 7.87. The van der Waals surface area contributed by atoms with Crippen LogP contribution >= 0.6 is 0 Å². The number of rotatable bonds is 5. The molecule has 4 rings (SSSR count). The molecule has 158 valence electrons. The average molecular weight is 417 g/mol. The minimum Gasteiger partial charge on any atom is -0.366 e. The summed E-state index contributed by atoms with van der Waals surface area (Å²) >= 11 is 0. The molecule has 2 aromatic carbocycles. The predicted molar refractivity (Wildman–Crippen MR) is 117 cm³/mol. The van der Waals surface area contributed by atoms with Crippen LogP contribution in [-0.4, -0.2) is 34.8 Å². The van der Waals surface area contributed by atoms with Gasteiger partial charge in [-0.15, -0.1) is 0 Å². The average Bonchev–Trinajstić information content (AvgIpc) is 2.81. The predicted octanol–water partition coefficient (Wildman–Crippen LogP) is 3.94. The van der Waals surface area contributed by atoms with Crippen molar-refractivity contribution < 1.29 is 14.0 Å². The zero-order chi connectivity index (χ0) is 21.8. The third kappa shape index (κ3) is 4.97. The van der Waals surface area contributed by atoms with E-state index in [2.05, 4.69) is 0 Å². The number of hydrogen-bond donors (Lipinski definition) is 1. The zero-order valence-electron chi connectivity index (χ0n) is 17.1. The second kappa shape index (κ2) is 9.08. The van der Waals surface area contributed by atoms with E-state index < -0.39 is 5.91 Å². The van der Waals surface area contributed by atoms with Crippen LogP contribution in [0.4, 0.5) is 4.39 Å². The minimum atomic E-state index is -0.472. The van der Waals surface area contributed by atoms with Crippen LogP contribution in [-0.2, 0) is 11.2 Å². The van der Waals surface area contributed by atoms with E-state index in [1.165, 1.54) is 12.1 Å². The molecule has 1 saturated heterocycles. The zero-order valence-corrected chi connectivity index (χ0v) is 17.1. The molecule has 1 aliphatic rings. The van der Waals surface area contributed by atoms with Crippen molar-refractivity contribution in [2.24, 2.45) is 5.73 Å². The number of likely N-dealkylation sites (tertiary alicyclic amines) is 1. The first-order chi connectivity index (χ1) is 15.0.